The zero-order valence-corrected chi connectivity index (χ0v) is 26.2. The van der Waals surface area contributed by atoms with Crippen LogP contribution in [0.15, 0.2) is 108 Å². The summed E-state index contributed by atoms with van der Waals surface area (Å²) in [6.45, 7) is 3.54. The highest BCUT2D eigenvalue weighted by atomic mass is 15.0. The fourth-order valence-corrected chi connectivity index (χ4v) is 6.51. The molecule has 5 aromatic carbocycles. The van der Waals surface area contributed by atoms with Gasteiger partial charge in [-0.3, -0.25) is 0 Å². The van der Waals surface area contributed by atoms with Crippen LogP contribution in [0.4, 0.5) is 0 Å². The van der Waals surface area contributed by atoms with Crippen LogP contribution in [0.3, 0.4) is 0 Å². The highest BCUT2D eigenvalue weighted by molar-refractivity contribution is 6.32. The number of rotatable bonds is 11. The molecule has 0 fully saturated rings. The van der Waals surface area contributed by atoms with Gasteiger partial charge in [-0.2, -0.15) is 0 Å². The van der Waals surface area contributed by atoms with Crippen LogP contribution in [0.25, 0.3) is 43.1 Å². The largest absolute Gasteiger partial charge is 0.309 e. The molecule has 0 saturated heterocycles. The maximum absolute atomic E-state index is 2.28. The third-order valence-electron chi connectivity index (χ3n) is 8.78. The Morgan fingerprint density at radius 3 is 1.19 bits per heavy atom. The summed E-state index contributed by atoms with van der Waals surface area (Å²) in [6.07, 6.45) is 24.3. The molecule has 1 nitrogen and oxygen atoms in total. The predicted octanol–water partition coefficient (Wildman–Crippen LogP) is 12.0. The van der Waals surface area contributed by atoms with Gasteiger partial charge in [-0.05, 0) is 87.7 Å². The molecule has 2 aliphatic rings. The molecular formula is C41H49N. The lowest BCUT2D eigenvalue weighted by atomic mass is 9.90. The van der Waals surface area contributed by atoms with Crippen molar-refractivity contribution in [3.63, 3.8) is 0 Å². The Morgan fingerprint density at radius 1 is 0.500 bits per heavy atom. The van der Waals surface area contributed by atoms with E-state index in [4.69, 9.17) is 0 Å². The lowest BCUT2D eigenvalue weighted by molar-refractivity contribution is 0.389. The van der Waals surface area contributed by atoms with Crippen LogP contribution < -0.4 is 0 Å². The number of nitrogens with zero attached hydrogens (tertiary/aromatic N) is 1. The van der Waals surface area contributed by atoms with Gasteiger partial charge < -0.3 is 4.90 Å². The first-order chi connectivity index (χ1) is 20.7. The van der Waals surface area contributed by atoms with Gasteiger partial charge in [-0.25, -0.2) is 0 Å². The van der Waals surface area contributed by atoms with Crippen LogP contribution >= 0.6 is 0 Å². The molecule has 2 bridgehead atoms. The Bertz CT molecular complexity index is 1480. The molecule has 0 aromatic heterocycles. The van der Waals surface area contributed by atoms with E-state index in [1.807, 2.05) is 0 Å². The summed E-state index contributed by atoms with van der Waals surface area (Å²) >= 11 is 0. The second-order valence-electron chi connectivity index (χ2n) is 12.4. The normalized spacial score (nSPS) is 13.5. The van der Waals surface area contributed by atoms with Crippen molar-refractivity contribution in [3.05, 3.63) is 108 Å². The SMILES string of the molecule is C1=CC2=CC=C1C2.CCCCCCCCCCCCN(C)C.c1cc2cccc3c4cccc5cccc(c(c1)c23)c54. The summed E-state index contributed by atoms with van der Waals surface area (Å²) in [4.78, 5) is 2.28. The summed E-state index contributed by atoms with van der Waals surface area (Å²) in [5.74, 6) is 0. The minimum atomic E-state index is 1.19. The molecule has 0 aliphatic heterocycles. The van der Waals surface area contributed by atoms with Gasteiger partial charge in [0.2, 0.25) is 0 Å². The number of hydrogen-bond acceptors (Lipinski definition) is 1. The summed E-state index contributed by atoms with van der Waals surface area (Å²) in [5, 5.41) is 10.9. The smallest absolute Gasteiger partial charge is 0.00248 e. The van der Waals surface area contributed by atoms with Crippen LogP contribution in [0.1, 0.15) is 77.6 Å². The second-order valence-corrected chi connectivity index (χ2v) is 12.4. The highest BCUT2D eigenvalue weighted by Gasteiger charge is 2.11. The van der Waals surface area contributed by atoms with E-state index < -0.39 is 0 Å². The third-order valence-corrected chi connectivity index (χ3v) is 8.78. The van der Waals surface area contributed by atoms with E-state index in [1.54, 1.807) is 0 Å². The van der Waals surface area contributed by atoms with E-state index >= 15 is 0 Å². The molecule has 0 N–H and O–H groups in total. The molecule has 42 heavy (non-hydrogen) atoms. The lowest BCUT2D eigenvalue weighted by Gasteiger charge is -2.13. The van der Waals surface area contributed by atoms with Gasteiger partial charge in [0.05, 0.1) is 0 Å². The van der Waals surface area contributed by atoms with Crippen LogP contribution in [-0.4, -0.2) is 25.5 Å². The van der Waals surface area contributed by atoms with E-state index in [1.165, 1.54) is 131 Å². The van der Waals surface area contributed by atoms with Crippen LogP contribution in [-0.2, 0) is 0 Å². The summed E-state index contributed by atoms with van der Waals surface area (Å²) in [5.41, 5.74) is 2.94. The first-order valence-corrected chi connectivity index (χ1v) is 16.4. The molecular weight excluding hydrogens is 506 g/mol. The first-order valence-electron chi connectivity index (χ1n) is 16.4. The van der Waals surface area contributed by atoms with Crippen molar-refractivity contribution >= 4 is 43.1 Å². The predicted molar refractivity (Wildman–Crippen MR) is 188 cm³/mol. The average Bonchev–Trinajstić information content (AvgIpc) is 3.68. The van der Waals surface area contributed by atoms with Crippen molar-refractivity contribution in [2.45, 2.75) is 77.6 Å². The molecule has 7 rings (SSSR count). The van der Waals surface area contributed by atoms with E-state index in [2.05, 4.69) is 123 Å². The topological polar surface area (TPSA) is 3.24 Å². The number of allylic oxidation sites excluding steroid dienone is 6. The molecule has 0 unspecified atom stereocenters. The molecule has 0 amide bonds. The van der Waals surface area contributed by atoms with Gasteiger partial charge in [0.1, 0.15) is 0 Å². The van der Waals surface area contributed by atoms with Gasteiger partial charge in [0.15, 0.2) is 0 Å². The Morgan fingerprint density at radius 2 is 0.881 bits per heavy atom. The van der Waals surface area contributed by atoms with Crippen molar-refractivity contribution in [2.24, 2.45) is 0 Å². The van der Waals surface area contributed by atoms with Gasteiger partial charge in [0, 0.05) is 0 Å². The van der Waals surface area contributed by atoms with Crippen molar-refractivity contribution in [1.29, 1.82) is 0 Å². The van der Waals surface area contributed by atoms with E-state index in [0.717, 1.165) is 0 Å². The van der Waals surface area contributed by atoms with Gasteiger partial charge in [-0.1, -0.05) is 162 Å². The highest BCUT2D eigenvalue weighted by Crippen LogP contribution is 2.39. The fraction of sp³-hybridized carbons (Fsp3) is 0.366. The van der Waals surface area contributed by atoms with Crippen molar-refractivity contribution in [1.82, 2.24) is 4.90 Å². The van der Waals surface area contributed by atoms with Gasteiger partial charge >= 0.3 is 0 Å². The Balaban J connectivity index is 0.000000141. The monoisotopic (exact) mass is 555 g/mol. The molecule has 0 atom stereocenters. The molecule has 0 radical (unpaired) electrons. The van der Waals surface area contributed by atoms with Crippen molar-refractivity contribution < 1.29 is 0 Å². The van der Waals surface area contributed by atoms with Crippen molar-refractivity contribution in [3.8, 4) is 0 Å². The maximum atomic E-state index is 2.28. The van der Waals surface area contributed by atoms with E-state index in [0.29, 0.717) is 0 Å². The molecule has 1 heteroatoms. The number of fused-ring (bicyclic) bond motifs is 4. The molecule has 0 spiro atoms. The van der Waals surface area contributed by atoms with Crippen LogP contribution in [0.2, 0.25) is 0 Å². The van der Waals surface area contributed by atoms with Gasteiger partial charge in [0.25, 0.3) is 0 Å². The lowest BCUT2D eigenvalue weighted by Crippen LogP contribution is -2.12. The van der Waals surface area contributed by atoms with Crippen molar-refractivity contribution in [2.75, 3.05) is 20.6 Å². The number of benzene rings is 5. The van der Waals surface area contributed by atoms with Crippen LogP contribution in [0, 0.1) is 0 Å². The number of unbranched alkanes of at least 4 members (excludes halogenated alkanes) is 9. The van der Waals surface area contributed by atoms with E-state index in [-0.39, 0.29) is 0 Å². The molecule has 218 valence electrons. The van der Waals surface area contributed by atoms with E-state index in [9.17, 15) is 0 Å². The fourth-order valence-electron chi connectivity index (χ4n) is 6.51. The second kappa shape index (κ2) is 15.2. The summed E-state index contributed by atoms with van der Waals surface area (Å²) in [6, 6.07) is 26.4. The third kappa shape index (κ3) is 7.50. The molecule has 2 aliphatic carbocycles. The Labute approximate surface area is 253 Å². The zero-order valence-electron chi connectivity index (χ0n) is 26.2. The summed E-state index contributed by atoms with van der Waals surface area (Å²) in [7, 11) is 4.32. The summed E-state index contributed by atoms with van der Waals surface area (Å²) < 4.78 is 0. The Kier molecular flexibility index (Phi) is 10.9. The first kappa shape index (κ1) is 30.1. The minimum Gasteiger partial charge on any atom is -0.309 e. The minimum absolute atomic E-state index is 1.19. The molecule has 0 saturated carbocycles. The standard InChI is InChI=1S/C20H12.C14H31N.C7H6/c1-5-13-6-2-11-17-18-12-4-8-14-7-3-10-16(20(14)18)15(9-1)19(13)17;1-4-5-6-7-8-9-10-11-12-13-14-15(2)3;1-2-7-4-3-6(1)5-7/h1-12H;4-14H2,1-3H3;1-4H,5H2. The quantitative estimate of drug-likeness (QED) is 0.0890. The zero-order chi connectivity index (χ0) is 29.1. The number of hydrogen-bond donors (Lipinski definition) is 0. The van der Waals surface area contributed by atoms with Crippen LogP contribution in [0.5, 0.6) is 0 Å². The molecule has 5 aromatic rings. The maximum Gasteiger partial charge on any atom is -0.00248 e. The average molecular weight is 556 g/mol. The Hall–Kier alpha value is -3.42. The van der Waals surface area contributed by atoms with Gasteiger partial charge in [-0.15, -0.1) is 0 Å². The molecule has 0 heterocycles.